The number of nitrogens with one attached hydrogen (secondary N) is 1. The average molecular weight is 145 g/mol. The van der Waals surface area contributed by atoms with Crippen molar-refractivity contribution in [2.45, 2.75) is 18.9 Å². The number of hydrogen-bond acceptors (Lipinski definition) is 3. The van der Waals surface area contributed by atoms with Crippen LogP contribution in [0.3, 0.4) is 0 Å². The standard InChI is InChI=1S/C7H15NO2/c9-4-6-1-2-8-7(3-6)5-10/h6-10H,1-5H2/t6-,7+/m1/s1. The molecule has 0 aromatic rings. The SMILES string of the molecule is OC[C@@H]1CCN[C@H](CO)C1. The van der Waals surface area contributed by atoms with E-state index in [1.54, 1.807) is 0 Å². The van der Waals surface area contributed by atoms with E-state index in [1.807, 2.05) is 0 Å². The van der Waals surface area contributed by atoms with Crippen LogP contribution in [0.15, 0.2) is 0 Å². The second-order valence-electron chi connectivity index (χ2n) is 2.91. The molecule has 3 nitrogen and oxygen atoms in total. The van der Waals surface area contributed by atoms with E-state index in [-0.39, 0.29) is 19.3 Å². The first-order valence-corrected chi connectivity index (χ1v) is 3.82. The lowest BCUT2D eigenvalue weighted by molar-refractivity contribution is 0.144. The van der Waals surface area contributed by atoms with Crippen molar-refractivity contribution in [2.75, 3.05) is 19.8 Å². The van der Waals surface area contributed by atoms with E-state index >= 15 is 0 Å². The predicted molar refractivity (Wildman–Crippen MR) is 38.7 cm³/mol. The van der Waals surface area contributed by atoms with Crippen LogP contribution < -0.4 is 5.32 Å². The number of hydrogen-bond donors (Lipinski definition) is 3. The minimum atomic E-state index is 0.191. The number of piperidine rings is 1. The summed E-state index contributed by atoms with van der Waals surface area (Å²) in [6, 6.07) is 0.214. The van der Waals surface area contributed by atoms with Gasteiger partial charge in [0.1, 0.15) is 0 Å². The highest BCUT2D eigenvalue weighted by molar-refractivity contribution is 4.76. The fourth-order valence-electron chi connectivity index (χ4n) is 1.40. The number of aliphatic hydroxyl groups is 2. The van der Waals surface area contributed by atoms with E-state index in [0.29, 0.717) is 5.92 Å². The molecule has 1 aliphatic rings. The van der Waals surface area contributed by atoms with Gasteiger partial charge in [-0.1, -0.05) is 0 Å². The molecule has 0 aliphatic carbocycles. The Labute approximate surface area is 61.1 Å². The molecule has 0 unspecified atom stereocenters. The molecule has 0 saturated carbocycles. The van der Waals surface area contributed by atoms with Crippen LogP contribution >= 0.6 is 0 Å². The van der Waals surface area contributed by atoms with Crippen LogP contribution in [0.4, 0.5) is 0 Å². The third kappa shape index (κ3) is 1.94. The lowest BCUT2D eigenvalue weighted by atomic mass is 9.94. The predicted octanol–water partition coefficient (Wildman–Crippen LogP) is -0.661. The fourth-order valence-corrected chi connectivity index (χ4v) is 1.40. The summed E-state index contributed by atoms with van der Waals surface area (Å²) < 4.78 is 0. The Kier molecular flexibility index (Phi) is 3.12. The molecule has 1 saturated heterocycles. The molecule has 0 radical (unpaired) electrons. The highest BCUT2D eigenvalue weighted by Gasteiger charge is 2.19. The summed E-state index contributed by atoms with van der Waals surface area (Å²) in [6.07, 6.45) is 1.94. The van der Waals surface area contributed by atoms with Crippen LogP contribution in [0.25, 0.3) is 0 Å². The van der Waals surface area contributed by atoms with Gasteiger partial charge in [0.2, 0.25) is 0 Å². The van der Waals surface area contributed by atoms with Crippen molar-refractivity contribution in [3.63, 3.8) is 0 Å². The Morgan fingerprint density at radius 3 is 2.70 bits per heavy atom. The molecule has 10 heavy (non-hydrogen) atoms. The van der Waals surface area contributed by atoms with Crippen LogP contribution in [0.1, 0.15) is 12.8 Å². The summed E-state index contributed by atoms with van der Waals surface area (Å²) in [5.74, 6) is 0.401. The van der Waals surface area contributed by atoms with Crippen LogP contribution in [-0.2, 0) is 0 Å². The maximum Gasteiger partial charge on any atom is 0.0584 e. The molecular weight excluding hydrogens is 130 g/mol. The van der Waals surface area contributed by atoms with Crippen LogP contribution in [0, 0.1) is 5.92 Å². The fraction of sp³-hybridized carbons (Fsp3) is 1.00. The van der Waals surface area contributed by atoms with Crippen molar-refractivity contribution >= 4 is 0 Å². The van der Waals surface area contributed by atoms with Crippen LogP contribution in [0.2, 0.25) is 0 Å². The van der Waals surface area contributed by atoms with E-state index in [2.05, 4.69) is 5.32 Å². The molecular formula is C7H15NO2. The summed E-state index contributed by atoms with van der Waals surface area (Å²) >= 11 is 0. The van der Waals surface area contributed by atoms with Crippen molar-refractivity contribution in [1.82, 2.24) is 5.32 Å². The van der Waals surface area contributed by atoms with Gasteiger partial charge in [-0.15, -0.1) is 0 Å². The Hall–Kier alpha value is -0.120. The Bertz CT molecular complexity index is 87.6. The smallest absolute Gasteiger partial charge is 0.0584 e. The maximum atomic E-state index is 8.79. The van der Waals surface area contributed by atoms with Crippen LogP contribution in [-0.4, -0.2) is 36.0 Å². The molecule has 0 amide bonds. The molecule has 0 aromatic heterocycles. The van der Waals surface area contributed by atoms with E-state index in [4.69, 9.17) is 10.2 Å². The minimum absolute atomic E-state index is 0.191. The lowest BCUT2D eigenvalue weighted by Gasteiger charge is -2.27. The number of rotatable bonds is 2. The summed E-state index contributed by atoms with van der Waals surface area (Å²) in [6.45, 7) is 1.38. The van der Waals surface area contributed by atoms with Gasteiger partial charge in [-0.3, -0.25) is 0 Å². The zero-order valence-electron chi connectivity index (χ0n) is 6.08. The Morgan fingerprint density at radius 1 is 1.30 bits per heavy atom. The van der Waals surface area contributed by atoms with E-state index in [9.17, 15) is 0 Å². The zero-order valence-corrected chi connectivity index (χ0v) is 6.08. The molecule has 1 rings (SSSR count). The summed E-state index contributed by atoms with van der Waals surface area (Å²) in [5, 5.41) is 20.7. The van der Waals surface area contributed by atoms with Crippen molar-refractivity contribution in [3.8, 4) is 0 Å². The van der Waals surface area contributed by atoms with Crippen molar-refractivity contribution in [2.24, 2.45) is 5.92 Å². The van der Waals surface area contributed by atoms with Crippen molar-refractivity contribution in [1.29, 1.82) is 0 Å². The van der Waals surface area contributed by atoms with E-state index in [0.717, 1.165) is 19.4 Å². The van der Waals surface area contributed by atoms with E-state index in [1.165, 1.54) is 0 Å². The van der Waals surface area contributed by atoms with Gasteiger partial charge in [0.25, 0.3) is 0 Å². The molecule has 3 N–H and O–H groups in total. The first kappa shape index (κ1) is 7.98. The van der Waals surface area contributed by atoms with Crippen molar-refractivity contribution in [3.05, 3.63) is 0 Å². The number of aliphatic hydroxyl groups excluding tert-OH is 2. The lowest BCUT2D eigenvalue weighted by Crippen LogP contribution is -2.41. The van der Waals surface area contributed by atoms with Gasteiger partial charge >= 0.3 is 0 Å². The molecule has 3 heteroatoms. The van der Waals surface area contributed by atoms with E-state index < -0.39 is 0 Å². The largest absolute Gasteiger partial charge is 0.396 e. The molecule has 1 aliphatic heterocycles. The summed E-state index contributed by atoms with van der Waals surface area (Å²) in [7, 11) is 0. The second-order valence-corrected chi connectivity index (χ2v) is 2.91. The minimum Gasteiger partial charge on any atom is -0.396 e. The van der Waals surface area contributed by atoms with Gasteiger partial charge in [0.05, 0.1) is 6.61 Å². The second kappa shape index (κ2) is 3.91. The van der Waals surface area contributed by atoms with Gasteiger partial charge in [-0.05, 0) is 25.3 Å². The molecule has 0 bridgehead atoms. The highest BCUT2D eigenvalue weighted by Crippen LogP contribution is 2.14. The highest BCUT2D eigenvalue weighted by atomic mass is 16.3. The molecule has 60 valence electrons. The van der Waals surface area contributed by atoms with Gasteiger partial charge in [-0.25, -0.2) is 0 Å². The summed E-state index contributed by atoms with van der Waals surface area (Å²) in [5.41, 5.74) is 0. The van der Waals surface area contributed by atoms with Gasteiger partial charge in [0, 0.05) is 12.6 Å². The van der Waals surface area contributed by atoms with Crippen LogP contribution in [0.5, 0.6) is 0 Å². The van der Waals surface area contributed by atoms with Gasteiger partial charge in [-0.2, -0.15) is 0 Å². The molecule has 1 heterocycles. The van der Waals surface area contributed by atoms with Gasteiger partial charge < -0.3 is 15.5 Å². The van der Waals surface area contributed by atoms with Gasteiger partial charge in [0.15, 0.2) is 0 Å². The first-order chi connectivity index (χ1) is 4.86. The average Bonchev–Trinajstić information content (AvgIpc) is 2.05. The third-order valence-corrected chi connectivity index (χ3v) is 2.08. The molecule has 1 fully saturated rings. The maximum absolute atomic E-state index is 8.79. The molecule has 0 aromatic carbocycles. The quantitative estimate of drug-likeness (QED) is 0.483. The topological polar surface area (TPSA) is 52.5 Å². The zero-order chi connectivity index (χ0) is 7.40. The Balaban J connectivity index is 2.25. The van der Waals surface area contributed by atoms with Crippen molar-refractivity contribution < 1.29 is 10.2 Å². The third-order valence-electron chi connectivity index (χ3n) is 2.08. The monoisotopic (exact) mass is 145 g/mol. The summed E-state index contributed by atoms with van der Waals surface area (Å²) in [4.78, 5) is 0. The normalized spacial score (nSPS) is 34.2. The molecule has 2 atom stereocenters. The Morgan fingerprint density at radius 2 is 2.10 bits per heavy atom. The molecule has 0 spiro atoms. The first-order valence-electron chi connectivity index (χ1n) is 3.82.